The number of aromatic nitrogens is 1. The average Bonchev–Trinajstić information content (AvgIpc) is 2.95. The van der Waals surface area contributed by atoms with E-state index in [9.17, 15) is 0 Å². The topological polar surface area (TPSA) is 49.3 Å². The highest BCUT2D eigenvalue weighted by Crippen LogP contribution is 2.25. The fraction of sp³-hybridized carbons (Fsp3) is 0.600. The molecule has 0 aliphatic carbocycles. The van der Waals surface area contributed by atoms with Crippen LogP contribution in [0.3, 0.4) is 0 Å². The van der Waals surface area contributed by atoms with E-state index in [1.807, 2.05) is 25.1 Å². The highest BCUT2D eigenvalue weighted by atomic mass is 32.2. The summed E-state index contributed by atoms with van der Waals surface area (Å²) in [6.45, 7) is 6.60. The molecule has 1 unspecified atom stereocenters. The minimum absolute atomic E-state index is 0.620. The second-order valence-corrected chi connectivity index (χ2v) is 6.39. The Morgan fingerprint density at radius 2 is 2.35 bits per heavy atom. The van der Waals surface area contributed by atoms with Crippen molar-refractivity contribution < 1.29 is 0 Å². The average molecular weight is 292 g/mol. The smallest absolute Gasteiger partial charge is 0.191 e. The summed E-state index contributed by atoms with van der Waals surface area (Å²) in [6.07, 6.45) is 2.66. The predicted molar refractivity (Wildman–Crippen MR) is 87.3 cm³/mol. The summed E-state index contributed by atoms with van der Waals surface area (Å²) in [5.74, 6) is 2.19. The number of thioether (sulfide) groups is 1. The highest BCUT2D eigenvalue weighted by molar-refractivity contribution is 8.00. The zero-order valence-corrected chi connectivity index (χ0v) is 13.2. The maximum absolute atomic E-state index is 4.61. The van der Waals surface area contributed by atoms with Crippen LogP contribution in [0.5, 0.6) is 0 Å². The molecular weight excluding hydrogens is 268 g/mol. The fourth-order valence-electron chi connectivity index (χ4n) is 2.21. The molecule has 1 aromatic heterocycles. The molecular formula is C15H24N4S. The van der Waals surface area contributed by atoms with E-state index in [0.29, 0.717) is 6.54 Å². The predicted octanol–water partition coefficient (Wildman–Crippen LogP) is 2.34. The van der Waals surface area contributed by atoms with Gasteiger partial charge in [-0.2, -0.15) is 11.8 Å². The van der Waals surface area contributed by atoms with E-state index >= 15 is 0 Å². The molecule has 0 aromatic carbocycles. The van der Waals surface area contributed by atoms with Crippen LogP contribution in [0.25, 0.3) is 0 Å². The van der Waals surface area contributed by atoms with Crippen molar-refractivity contribution in [2.24, 2.45) is 4.99 Å². The first-order valence-corrected chi connectivity index (χ1v) is 8.39. The number of aliphatic imine (C=N–C) groups is 1. The molecule has 2 heterocycles. The number of rotatable bonds is 5. The molecule has 110 valence electrons. The molecule has 2 N–H and O–H groups in total. The third-order valence-electron chi connectivity index (χ3n) is 3.21. The minimum Gasteiger partial charge on any atom is -0.357 e. The third kappa shape index (κ3) is 5.04. The molecule has 1 saturated heterocycles. The number of aryl methyl sites for hydroxylation is 1. The van der Waals surface area contributed by atoms with Crippen molar-refractivity contribution in [1.29, 1.82) is 0 Å². The van der Waals surface area contributed by atoms with Gasteiger partial charge in [0.25, 0.3) is 0 Å². The van der Waals surface area contributed by atoms with E-state index in [4.69, 9.17) is 0 Å². The molecule has 0 saturated carbocycles. The van der Waals surface area contributed by atoms with Crippen LogP contribution >= 0.6 is 11.8 Å². The molecule has 2 rings (SSSR count). The maximum Gasteiger partial charge on any atom is 0.191 e. The van der Waals surface area contributed by atoms with Crippen molar-refractivity contribution in [2.45, 2.75) is 38.5 Å². The van der Waals surface area contributed by atoms with Crippen LogP contribution in [-0.4, -0.2) is 35.0 Å². The van der Waals surface area contributed by atoms with Gasteiger partial charge in [0, 0.05) is 24.0 Å². The van der Waals surface area contributed by atoms with E-state index in [0.717, 1.165) is 35.7 Å². The second kappa shape index (κ2) is 8.15. The Kier molecular flexibility index (Phi) is 6.18. The molecule has 4 nitrogen and oxygen atoms in total. The molecule has 1 aromatic rings. The van der Waals surface area contributed by atoms with Gasteiger partial charge in [-0.15, -0.1) is 0 Å². The largest absolute Gasteiger partial charge is 0.357 e. The van der Waals surface area contributed by atoms with Crippen LogP contribution in [0.4, 0.5) is 0 Å². The van der Waals surface area contributed by atoms with E-state index in [2.05, 4.69) is 39.3 Å². The zero-order valence-electron chi connectivity index (χ0n) is 12.4. The lowest BCUT2D eigenvalue weighted by atomic mass is 10.2. The minimum atomic E-state index is 0.620. The van der Waals surface area contributed by atoms with Gasteiger partial charge in [0.2, 0.25) is 0 Å². The Morgan fingerprint density at radius 1 is 1.45 bits per heavy atom. The van der Waals surface area contributed by atoms with Crippen molar-refractivity contribution in [3.63, 3.8) is 0 Å². The monoisotopic (exact) mass is 292 g/mol. The molecule has 5 heteroatoms. The van der Waals surface area contributed by atoms with E-state index < -0.39 is 0 Å². The van der Waals surface area contributed by atoms with Crippen LogP contribution in [0, 0.1) is 6.92 Å². The number of pyridine rings is 1. The van der Waals surface area contributed by atoms with Gasteiger partial charge < -0.3 is 10.6 Å². The van der Waals surface area contributed by atoms with Gasteiger partial charge in [-0.1, -0.05) is 6.07 Å². The van der Waals surface area contributed by atoms with Crippen LogP contribution < -0.4 is 10.6 Å². The fourth-order valence-corrected chi connectivity index (χ4v) is 3.41. The van der Waals surface area contributed by atoms with Crippen LogP contribution in [-0.2, 0) is 6.54 Å². The lowest BCUT2D eigenvalue weighted by molar-refractivity contribution is 0.726. The number of nitrogens with one attached hydrogen (secondary N) is 2. The molecule has 0 radical (unpaired) electrons. The van der Waals surface area contributed by atoms with Crippen molar-refractivity contribution in [1.82, 2.24) is 15.6 Å². The highest BCUT2D eigenvalue weighted by Gasteiger charge is 2.15. The zero-order chi connectivity index (χ0) is 14.2. The Balaban J connectivity index is 1.87. The van der Waals surface area contributed by atoms with Crippen molar-refractivity contribution >= 4 is 17.7 Å². The Labute approximate surface area is 125 Å². The Morgan fingerprint density at radius 3 is 3.05 bits per heavy atom. The third-order valence-corrected chi connectivity index (χ3v) is 4.61. The quantitative estimate of drug-likeness (QED) is 0.646. The van der Waals surface area contributed by atoms with E-state index in [-0.39, 0.29) is 0 Å². The first-order valence-electron chi connectivity index (χ1n) is 7.34. The summed E-state index contributed by atoms with van der Waals surface area (Å²) in [4.78, 5) is 9.08. The normalized spacial score (nSPS) is 19.1. The van der Waals surface area contributed by atoms with Gasteiger partial charge in [0.15, 0.2) is 5.96 Å². The first-order chi connectivity index (χ1) is 9.78. The van der Waals surface area contributed by atoms with Gasteiger partial charge in [-0.25, -0.2) is 4.99 Å². The van der Waals surface area contributed by atoms with Crippen LogP contribution in [0.1, 0.15) is 31.2 Å². The molecule has 0 bridgehead atoms. The first kappa shape index (κ1) is 15.2. The summed E-state index contributed by atoms with van der Waals surface area (Å²) in [6, 6.07) is 6.06. The van der Waals surface area contributed by atoms with E-state index in [1.165, 1.54) is 18.6 Å². The molecule has 1 aliphatic rings. The number of hydrogen-bond donors (Lipinski definition) is 2. The van der Waals surface area contributed by atoms with Crippen molar-refractivity contribution in [3.8, 4) is 0 Å². The van der Waals surface area contributed by atoms with E-state index in [1.54, 1.807) is 0 Å². The lowest BCUT2D eigenvalue weighted by Gasteiger charge is -2.14. The number of hydrogen-bond acceptors (Lipinski definition) is 3. The number of nitrogens with zero attached hydrogens (tertiary/aromatic N) is 2. The van der Waals surface area contributed by atoms with Crippen molar-refractivity contribution in [2.75, 3.05) is 18.8 Å². The summed E-state index contributed by atoms with van der Waals surface area (Å²) in [5, 5.41) is 7.46. The summed E-state index contributed by atoms with van der Waals surface area (Å²) >= 11 is 2.06. The van der Waals surface area contributed by atoms with Crippen molar-refractivity contribution in [3.05, 3.63) is 29.6 Å². The second-order valence-electron chi connectivity index (χ2n) is 4.98. The van der Waals surface area contributed by atoms with Crippen LogP contribution in [0.15, 0.2) is 23.2 Å². The molecule has 20 heavy (non-hydrogen) atoms. The summed E-state index contributed by atoms with van der Waals surface area (Å²) in [7, 11) is 0. The SMILES string of the molecule is CCNC(=NCc1cccc(C)n1)NCC1CCCS1. The summed E-state index contributed by atoms with van der Waals surface area (Å²) < 4.78 is 0. The Hall–Kier alpha value is -1.23. The molecule has 1 atom stereocenters. The van der Waals surface area contributed by atoms with Gasteiger partial charge in [0.1, 0.15) is 0 Å². The van der Waals surface area contributed by atoms with Gasteiger partial charge in [-0.05, 0) is 44.6 Å². The maximum atomic E-state index is 4.61. The van der Waals surface area contributed by atoms with Gasteiger partial charge >= 0.3 is 0 Å². The molecule has 0 amide bonds. The molecule has 1 aliphatic heterocycles. The van der Waals surface area contributed by atoms with Gasteiger partial charge in [-0.3, -0.25) is 4.98 Å². The molecule has 1 fully saturated rings. The standard InChI is InChI=1S/C15H24N4S/c1-3-16-15(18-11-14-8-5-9-20-14)17-10-13-7-4-6-12(2)19-13/h4,6-7,14H,3,5,8-11H2,1-2H3,(H2,16,17,18). The van der Waals surface area contributed by atoms with Crippen LogP contribution in [0.2, 0.25) is 0 Å². The summed E-state index contributed by atoms with van der Waals surface area (Å²) in [5.41, 5.74) is 2.05. The Bertz CT molecular complexity index is 441. The molecule has 0 spiro atoms. The number of guanidine groups is 1. The lowest BCUT2D eigenvalue weighted by Crippen LogP contribution is -2.40. The van der Waals surface area contributed by atoms with Gasteiger partial charge in [0.05, 0.1) is 12.2 Å².